The summed E-state index contributed by atoms with van der Waals surface area (Å²) >= 11 is 0. The number of benzene rings is 2. The number of nitro benzene ring substituents is 1. The first-order valence-corrected chi connectivity index (χ1v) is 7.03. The van der Waals surface area contributed by atoms with Crippen molar-refractivity contribution in [3.8, 4) is 17.1 Å². The summed E-state index contributed by atoms with van der Waals surface area (Å²) in [7, 11) is 0. The van der Waals surface area contributed by atoms with Crippen LogP contribution in [-0.2, 0) is 0 Å². The van der Waals surface area contributed by atoms with E-state index in [1.165, 1.54) is 18.2 Å². The fraction of sp³-hybridized carbons (Fsp3) is 0. The number of fused-ring (bicyclic) bond motifs is 2. The van der Waals surface area contributed by atoms with E-state index in [0.29, 0.717) is 33.1 Å². The number of nitro groups is 1. The molecule has 120 valence electrons. The van der Waals surface area contributed by atoms with Crippen LogP contribution in [0.4, 0.5) is 11.4 Å². The Hall–Kier alpha value is -3.08. The Balaban J connectivity index is 0.00000121. The molecule has 0 fully saturated rings. The monoisotopic (exact) mass is 330 g/mol. The standard InChI is InChI=1S/C16H10N4O4.Li.H/c21-16-13(9-6-5-8(20(23)24)7-12(9)18-16)15-14(19-22)10-3-1-2-4-11(10)17-15;;/h1-7,17-18,21H;;/q;+1;-1. The molecule has 0 radical (unpaired) electrons. The van der Waals surface area contributed by atoms with Gasteiger partial charge in [-0.25, -0.2) is 0 Å². The van der Waals surface area contributed by atoms with E-state index in [-0.39, 0.29) is 37.5 Å². The molecule has 8 nitrogen and oxygen atoms in total. The smallest absolute Gasteiger partial charge is 1.00 e. The van der Waals surface area contributed by atoms with Crippen LogP contribution in [-0.4, -0.2) is 20.0 Å². The van der Waals surface area contributed by atoms with Crippen LogP contribution in [0.5, 0.6) is 5.88 Å². The van der Waals surface area contributed by atoms with Crippen molar-refractivity contribution in [3.63, 3.8) is 0 Å². The second-order valence-corrected chi connectivity index (χ2v) is 5.32. The Bertz CT molecular complexity index is 1140. The van der Waals surface area contributed by atoms with Crippen LogP contribution >= 0.6 is 0 Å². The van der Waals surface area contributed by atoms with E-state index in [0.717, 1.165) is 0 Å². The zero-order valence-corrected chi connectivity index (χ0v) is 13.1. The number of aromatic nitrogens is 2. The van der Waals surface area contributed by atoms with E-state index in [2.05, 4.69) is 15.1 Å². The average Bonchev–Trinajstić information content (AvgIpc) is 3.09. The van der Waals surface area contributed by atoms with Crippen molar-refractivity contribution in [3.05, 3.63) is 57.5 Å². The van der Waals surface area contributed by atoms with Crippen molar-refractivity contribution < 1.29 is 30.3 Å². The molecule has 0 spiro atoms. The first-order valence-electron chi connectivity index (χ1n) is 7.03. The van der Waals surface area contributed by atoms with Gasteiger partial charge in [0, 0.05) is 28.4 Å². The minimum Gasteiger partial charge on any atom is -1.00 e. The van der Waals surface area contributed by atoms with Crippen molar-refractivity contribution in [1.82, 2.24) is 9.97 Å². The number of hydrogen-bond donors (Lipinski definition) is 3. The molecule has 0 bridgehead atoms. The van der Waals surface area contributed by atoms with Gasteiger partial charge in [0.25, 0.3) is 5.69 Å². The number of hydrogen-bond acceptors (Lipinski definition) is 5. The molecule has 0 saturated heterocycles. The summed E-state index contributed by atoms with van der Waals surface area (Å²) < 4.78 is 0. The number of rotatable bonds is 3. The Morgan fingerprint density at radius 3 is 2.56 bits per heavy atom. The Morgan fingerprint density at radius 1 is 1.08 bits per heavy atom. The van der Waals surface area contributed by atoms with Crippen LogP contribution in [0.2, 0.25) is 0 Å². The normalized spacial score (nSPS) is 10.7. The van der Waals surface area contributed by atoms with Gasteiger partial charge in [-0.15, -0.1) is 4.91 Å². The van der Waals surface area contributed by atoms with E-state index in [4.69, 9.17) is 0 Å². The SMILES string of the molecule is O=Nc1c(-c2c(O)[nH]c3cc([N+](=O)[O-])ccc23)[nH]c2ccccc12.[H-].[Li+]. The van der Waals surface area contributed by atoms with E-state index in [9.17, 15) is 20.1 Å². The topological polar surface area (TPSA) is 124 Å². The average molecular weight is 330 g/mol. The molecule has 0 atom stereocenters. The van der Waals surface area contributed by atoms with Crippen LogP contribution in [0.1, 0.15) is 1.43 Å². The fourth-order valence-corrected chi connectivity index (χ4v) is 2.94. The number of H-pyrrole nitrogens is 2. The summed E-state index contributed by atoms with van der Waals surface area (Å²) in [5.41, 5.74) is 1.90. The van der Waals surface area contributed by atoms with E-state index in [1.807, 2.05) is 6.07 Å². The van der Waals surface area contributed by atoms with Gasteiger partial charge in [-0.1, -0.05) is 18.2 Å². The molecule has 25 heavy (non-hydrogen) atoms. The Labute approximate surface area is 153 Å². The summed E-state index contributed by atoms with van der Waals surface area (Å²) in [5.74, 6) is -0.193. The zero-order valence-electron chi connectivity index (χ0n) is 14.1. The number of non-ortho nitro benzene ring substituents is 1. The first kappa shape index (κ1) is 16.8. The van der Waals surface area contributed by atoms with Crippen molar-refractivity contribution in [2.24, 2.45) is 5.18 Å². The number of aromatic amines is 2. The predicted molar refractivity (Wildman–Crippen MR) is 90.5 cm³/mol. The Morgan fingerprint density at radius 2 is 1.84 bits per heavy atom. The molecular formula is C16H11LiN4O4. The molecule has 3 N–H and O–H groups in total. The van der Waals surface area contributed by atoms with Crippen LogP contribution in [0.15, 0.2) is 47.6 Å². The molecule has 9 heteroatoms. The molecule has 0 aliphatic heterocycles. The quantitative estimate of drug-likeness (QED) is 0.227. The molecule has 4 rings (SSSR count). The molecule has 0 unspecified atom stereocenters. The largest absolute Gasteiger partial charge is 1.00 e. The van der Waals surface area contributed by atoms with Gasteiger partial charge in [-0.2, -0.15) is 0 Å². The summed E-state index contributed by atoms with van der Waals surface area (Å²) in [5, 5.41) is 25.4. The second-order valence-electron chi connectivity index (χ2n) is 5.32. The van der Waals surface area contributed by atoms with Crippen LogP contribution < -0.4 is 18.9 Å². The van der Waals surface area contributed by atoms with Gasteiger partial charge in [0.2, 0.25) is 0 Å². The second kappa shape index (κ2) is 6.09. The van der Waals surface area contributed by atoms with Crippen LogP contribution in [0, 0.1) is 15.0 Å². The van der Waals surface area contributed by atoms with Gasteiger partial charge >= 0.3 is 18.9 Å². The van der Waals surface area contributed by atoms with Gasteiger partial charge < -0.3 is 16.5 Å². The maximum Gasteiger partial charge on any atom is 1.00 e. The number of nitroso groups, excluding NO2 is 1. The molecule has 0 saturated carbocycles. The van der Waals surface area contributed by atoms with Crippen molar-refractivity contribution in [2.75, 3.05) is 0 Å². The van der Waals surface area contributed by atoms with Gasteiger partial charge in [0.15, 0.2) is 5.88 Å². The third-order valence-electron chi connectivity index (χ3n) is 3.99. The number of aromatic hydroxyl groups is 1. The number of para-hydroxylation sites is 1. The molecule has 2 heterocycles. The molecule has 2 aromatic heterocycles. The third kappa shape index (κ3) is 2.48. The fourth-order valence-electron chi connectivity index (χ4n) is 2.94. The molecule has 0 aliphatic carbocycles. The Kier molecular flexibility index (Phi) is 4.08. The number of nitrogens with one attached hydrogen (secondary N) is 2. The maximum atomic E-state index is 11.3. The summed E-state index contributed by atoms with van der Waals surface area (Å²) in [6, 6.07) is 11.3. The molecule has 0 amide bonds. The van der Waals surface area contributed by atoms with Crippen LogP contribution in [0.25, 0.3) is 33.1 Å². The third-order valence-corrected chi connectivity index (χ3v) is 3.99. The predicted octanol–water partition coefficient (Wildman–Crippen LogP) is 1.44. The van der Waals surface area contributed by atoms with Gasteiger partial charge in [-0.3, -0.25) is 10.1 Å². The van der Waals surface area contributed by atoms with Crippen molar-refractivity contribution in [1.29, 1.82) is 0 Å². The van der Waals surface area contributed by atoms with E-state index < -0.39 is 4.92 Å². The summed E-state index contributed by atoms with van der Waals surface area (Å²) in [4.78, 5) is 27.5. The van der Waals surface area contributed by atoms with Gasteiger partial charge in [0.05, 0.1) is 21.7 Å². The van der Waals surface area contributed by atoms with Crippen molar-refractivity contribution >= 4 is 33.2 Å². The first-order chi connectivity index (χ1) is 11.6. The van der Waals surface area contributed by atoms with E-state index >= 15 is 0 Å². The van der Waals surface area contributed by atoms with Crippen molar-refractivity contribution in [2.45, 2.75) is 0 Å². The molecular weight excluding hydrogens is 319 g/mol. The van der Waals surface area contributed by atoms with E-state index in [1.54, 1.807) is 18.2 Å². The molecule has 2 aromatic carbocycles. The summed E-state index contributed by atoms with van der Waals surface area (Å²) in [6.07, 6.45) is 0. The zero-order chi connectivity index (χ0) is 16.8. The minimum atomic E-state index is -0.516. The molecule has 4 aromatic rings. The number of nitrogens with zero attached hydrogens (tertiary/aromatic N) is 2. The van der Waals surface area contributed by atoms with Gasteiger partial charge in [-0.05, 0) is 17.3 Å². The van der Waals surface area contributed by atoms with Gasteiger partial charge in [0.1, 0.15) is 5.69 Å². The maximum absolute atomic E-state index is 11.3. The summed E-state index contributed by atoms with van der Waals surface area (Å²) in [6.45, 7) is 0. The minimum absolute atomic E-state index is 0. The molecule has 0 aliphatic rings. The van der Waals surface area contributed by atoms with Crippen LogP contribution in [0.3, 0.4) is 0 Å².